The molecule has 0 aliphatic rings. The Labute approximate surface area is 150 Å². The highest BCUT2D eigenvalue weighted by molar-refractivity contribution is 14.0. The molecule has 0 bridgehead atoms. The van der Waals surface area contributed by atoms with Crippen LogP contribution in [0.25, 0.3) is 0 Å². The summed E-state index contributed by atoms with van der Waals surface area (Å²) in [4.78, 5) is 4.18. The van der Waals surface area contributed by atoms with Crippen molar-refractivity contribution in [1.29, 1.82) is 0 Å². The molecule has 6 heteroatoms. The second-order valence-corrected chi connectivity index (χ2v) is 4.86. The summed E-state index contributed by atoms with van der Waals surface area (Å²) in [5.41, 5.74) is 1.15. The SMILES string of the molecule is CCOCCNC(=NC)NCc1cccc(OC(C)C)c1.I. The average Bonchev–Trinajstić information content (AvgIpc) is 2.46. The minimum atomic E-state index is 0. The molecule has 0 radical (unpaired) electrons. The van der Waals surface area contributed by atoms with E-state index >= 15 is 0 Å². The molecule has 0 fully saturated rings. The molecule has 22 heavy (non-hydrogen) atoms. The molecule has 2 N–H and O–H groups in total. The molecular formula is C16H28IN3O2. The van der Waals surface area contributed by atoms with Gasteiger partial charge in [-0.05, 0) is 38.5 Å². The van der Waals surface area contributed by atoms with Gasteiger partial charge in [0.15, 0.2) is 5.96 Å². The van der Waals surface area contributed by atoms with Gasteiger partial charge in [-0.3, -0.25) is 4.99 Å². The van der Waals surface area contributed by atoms with Gasteiger partial charge >= 0.3 is 0 Å². The first-order chi connectivity index (χ1) is 10.2. The van der Waals surface area contributed by atoms with Gasteiger partial charge in [0.25, 0.3) is 0 Å². The van der Waals surface area contributed by atoms with Gasteiger partial charge in [0.2, 0.25) is 0 Å². The number of nitrogens with zero attached hydrogens (tertiary/aromatic N) is 1. The molecule has 1 rings (SSSR count). The van der Waals surface area contributed by atoms with Gasteiger partial charge in [-0.2, -0.15) is 0 Å². The number of nitrogens with one attached hydrogen (secondary N) is 2. The van der Waals surface area contributed by atoms with E-state index in [1.807, 2.05) is 39.0 Å². The van der Waals surface area contributed by atoms with E-state index in [-0.39, 0.29) is 30.1 Å². The van der Waals surface area contributed by atoms with E-state index in [4.69, 9.17) is 9.47 Å². The molecule has 126 valence electrons. The molecule has 0 amide bonds. The molecule has 0 atom stereocenters. The fraction of sp³-hybridized carbons (Fsp3) is 0.562. The van der Waals surface area contributed by atoms with Crippen molar-refractivity contribution in [3.63, 3.8) is 0 Å². The predicted octanol–water partition coefficient (Wildman–Crippen LogP) is 2.79. The van der Waals surface area contributed by atoms with Crippen molar-refractivity contribution in [2.24, 2.45) is 4.99 Å². The van der Waals surface area contributed by atoms with Crippen LogP contribution in [0.2, 0.25) is 0 Å². The largest absolute Gasteiger partial charge is 0.491 e. The first kappa shape index (κ1) is 21.0. The highest BCUT2D eigenvalue weighted by atomic mass is 127. The lowest BCUT2D eigenvalue weighted by atomic mass is 10.2. The Kier molecular flexibility index (Phi) is 11.9. The van der Waals surface area contributed by atoms with E-state index in [1.165, 1.54) is 0 Å². The van der Waals surface area contributed by atoms with Crippen molar-refractivity contribution >= 4 is 29.9 Å². The van der Waals surface area contributed by atoms with Crippen molar-refractivity contribution in [2.75, 3.05) is 26.8 Å². The zero-order valence-corrected chi connectivity index (χ0v) is 16.2. The van der Waals surface area contributed by atoms with Crippen LogP contribution in [0, 0.1) is 0 Å². The summed E-state index contributed by atoms with van der Waals surface area (Å²) < 4.78 is 11.0. The normalized spacial score (nSPS) is 11.0. The zero-order chi connectivity index (χ0) is 15.5. The zero-order valence-electron chi connectivity index (χ0n) is 13.9. The van der Waals surface area contributed by atoms with Crippen LogP contribution in [0.4, 0.5) is 0 Å². The Morgan fingerprint density at radius 1 is 1.27 bits per heavy atom. The summed E-state index contributed by atoms with van der Waals surface area (Å²) in [6.45, 7) is 8.88. The van der Waals surface area contributed by atoms with Gasteiger partial charge in [0.05, 0.1) is 12.7 Å². The number of benzene rings is 1. The van der Waals surface area contributed by atoms with Crippen molar-refractivity contribution in [3.05, 3.63) is 29.8 Å². The average molecular weight is 421 g/mol. The summed E-state index contributed by atoms with van der Waals surface area (Å²) in [6.07, 6.45) is 0.182. The maximum Gasteiger partial charge on any atom is 0.191 e. The van der Waals surface area contributed by atoms with Crippen LogP contribution in [0.3, 0.4) is 0 Å². The molecular weight excluding hydrogens is 393 g/mol. The molecule has 0 unspecified atom stereocenters. The third-order valence-electron chi connectivity index (χ3n) is 2.70. The number of rotatable bonds is 8. The van der Waals surface area contributed by atoms with Gasteiger partial charge in [-0.15, -0.1) is 24.0 Å². The standard InChI is InChI=1S/C16H27N3O2.HI/c1-5-20-10-9-18-16(17-4)19-12-14-7-6-8-15(11-14)21-13(2)3;/h6-8,11,13H,5,9-10,12H2,1-4H3,(H2,17,18,19);1H. The van der Waals surface area contributed by atoms with Crippen molar-refractivity contribution in [1.82, 2.24) is 10.6 Å². The molecule has 0 aliphatic carbocycles. The van der Waals surface area contributed by atoms with Crippen molar-refractivity contribution in [2.45, 2.75) is 33.4 Å². The minimum absolute atomic E-state index is 0. The molecule has 1 aromatic carbocycles. The van der Waals surface area contributed by atoms with Crippen molar-refractivity contribution < 1.29 is 9.47 Å². The predicted molar refractivity (Wildman–Crippen MR) is 102 cm³/mol. The molecule has 1 aromatic rings. The van der Waals surface area contributed by atoms with Gasteiger partial charge in [-0.25, -0.2) is 0 Å². The summed E-state index contributed by atoms with van der Waals surface area (Å²) in [6, 6.07) is 8.08. The van der Waals surface area contributed by atoms with E-state index < -0.39 is 0 Å². The molecule has 0 spiro atoms. The second-order valence-electron chi connectivity index (χ2n) is 4.86. The van der Waals surface area contributed by atoms with Crippen LogP contribution in [-0.4, -0.2) is 38.9 Å². The van der Waals surface area contributed by atoms with Gasteiger partial charge in [-0.1, -0.05) is 12.1 Å². The molecule has 0 heterocycles. The summed E-state index contributed by atoms with van der Waals surface area (Å²) in [5, 5.41) is 6.47. The van der Waals surface area contributed by atoms with E-state index in [1.54, 1.807) is 7.05 Å². The number of aliphatic imine (C=N–C) groups is 1. The third kappa shape index (κ3) is 9.09. The molecule has 0 aliphatic heterocycles. The number of halogens is 1. The second kappa shape index (κ2) is 12.5. The summed E-state index contributed by atoms with van der Waals surface area (Å²) >= 11 is 0. The van der Waals surface area contributed by atoms with Gasteiger partial charge < -0.3 is 20.1 Å². The van der Waals surface area contributed by atoms with E-state index in [2.05, 4.69) is 21.7 Å². The first-order valence-electron chi connectivity index (χ1n) is 7.43. The summed E-state index contributed by atoms with van der Waals surface area (Å²) in [5.74, 6) is 1.66. The topological polar surface area (TPSA) is 54.9 Å². The molecule has 0 saturated heterocycles. The van der Waals surface area contributed by atoms with Crippen LogP contribution in [-0.2, 0) is 11.3 Å². The van der Waals surface area contributed by atoms with E-state index in [9.17, 15) is 0 Å². The highest BCUT2D eigenvalue weighted by Crippen LogP contribution is 2.14. The highest BCUT2D eigenvalue weighted by Gasteiger charge is 2.01. The lowest BCUT2D eigenvalue weighted by Crippen LogP contribution is -2.38. The van der Waals surface area contributed by atoms with Gasteiger partial charge in [0.1, 0.15) is 5.75 Å². The fourth-order valence-electron chi connectivity index (χ4n) is 1.79. The number of hydrogen-bond acceptors (Lipinski definition) is 3. The lowest BCUT2D eigenvalue weighted by Gasteiger charge is -2.13. The van der Waals surface area contributed by atoms with Gasteiger partial charge in [0, 0.05) is 26.7 Å². The van der Waals surface area contributed by atoms with Crippen LogP contribution in [0.1, 0.15) is 26.3 Å². The van der Waals surface area contributed by atoms with Crippen LogP contribution in [0.15, 0.2) is 29.3 Å². The Morgan fingerprint density at radius 3 is 2.68 bits per heavy atom. The number of hydrogen-bond donors (Lipinski definition) is 2. The molecule has 0 aromatic heterocycles. The molecule has 5 nitrogen and oxygen atoms in total. The van der Waals surface area contributed by atoms with E-state index in [0.717, 1.165) is 30.4 Å². The maximum absolute atomic E-state index is 5.69. The Morgan fingerprint density at radius 2 is 2.05 bits per heavy atom. The Balaban J connectivity index is 0.00000441. The maximum atomic E-state index is 5.69. The smallest absolute Gasteiger partial charge is 0.191 e. The first-order valence-corrected chi connectivity index (χ1v) is 7.43. The van der Waals surface area contributed by atoms with Crippen LogP contribution < -0.4 is 15.4 Å². The van der Waals surface area contributed by atoms with Crippen molar-refractivity contribution in [3.8, 4) is 5.75 Å². The lowest BCUT2D eigenvalue weighted by molar-refractivity contribution is 0.152. The number of ether oxygens (including phenoxy) is 2. The van der Waals surface area contributed by atoms with E-state index in [0.29, 0.717) is 13.2 Å². The third-order valence-corrected chi connectivity index (χ3v) is 2.70. The summed E-state index contributed by atoms with van der Waals surface area (Å²) in [7, 11) is 1.76. The number of guanidine groups is 1. The quantitative estimate of drug-likeness (QED) is 0.294. The fourth-order valence-corrected chi connectivity index (χ4v) is 1.79. The Bertz CT molecular complexity index is 439. The molecule has 0 saturated carbocycles. The Hall–Kier alpha value is -1.02. The minimum Gasteiger partial charge on any atom is -0.491 e. The van der Waals surface area contributed by atoms with Crippen LogP contribution >= 0.6 is 24.0 Å². The monoisotopic (exact) mass is 421 g/mol. The van der Waals surface area contributed by atoms with Crippen LogP contribution in [0.5, 0.6) is 5.75 Å².